The molecule has 1 N–H and O–H groups in total. The van der Waals surface area contributed by atoms with E-state index in [4.69, 9.17) is 16.3 Å². The van der Waals surface area contributed by atoms with Gasteiger partial charge in [0.05, 0.1) is 17.5 Å². The minimum Gasteiger partial charge on any atom is -0.444 e. The summed E-state index contributed by atoms with van der Waals surface area (Å²) in [5.41, 5.74) is 0.260. The van der Waals surface area contributed by atoms with E-state index in [-0.39, 0.29) is 29.3 Å². The van der Waals surface area contributed by atoms with E-state index in [1.165, 1.54) is 11.8 Å². The molecule has 2 heterocycles. The second-order valence-corrected chi connectivity index (χ2v) is 12.0. The Morgan fingerprint density at radius 1 is 1.27 bits per heavy atom. The lowest BCUT2D eigenvalue weighted by Crippen LogP contribution is -2.38. The van der Waals surface area contributed by atoms with Crippen LogP contribution >= 0.6 is 23.4 Å². The molecule has 11 heteroatoms. The van der Waals surface area contributed by atoms with Gasteiger partial charge in [0.25, 0.3) is 5.91 Å². The molecule has 1 aromatic carbocycles. The van der Waals surface area contributed by atoms with E-state index in [2.05, 4.69) is 10.3 Å². The highest BCUT2D eigenvalue weighted by molar-refractivity contribution is 8.15. The van der Waals surface area contributed by atoms with Crippen molar-refractivity contribution in [1.82, 2.24) is 10.2 Å². The van der Waals surface area contributed by atoms with E-state index in [9.17, 15) is 18.0 Å². The van der Waals surface area contributed by atoms with Crippen molar-refractivity contribution in [2.24, 2.45) is 4.99 Å². The fraction of sp³-hybridized carbons (Fsp3) is 0.526. The third-order valence-corrected chi connectivity index (χ3v) is 7.94. The molecule has 2 aliphatic rings. The van der Waals surface area contributed by atoms with Crippen LogP contribution in [0.2, 0.25) is 5.02 Å². The zero-order chi connectivity index (χ0) is 22.1. The first-order valence-electron chi connectivity index (χ1n) is 9.38. The van der Waals surface area contributed by atoms with Gasteiger partial charge in [0, 0.05) is 16.8 Å². The maximum absolute atomic E-state index is 12.3. The lowest BCUT2D eigenvalue weighted by atomic mass is 10.1. The summed E-state index contributed by atoms with van der Waals surface area (Å²) in [4.78, 5) is 30.1. The molecule has 0 saturated carbocycles. The number of amides is 2. The molecule has 1 aromatic rings. The van der Waals surface area contributed by atoms with Crippen LogP contribution in [-0.4, -0.2) is 65.4 Å². The van der Waals surface area contributed by atoms with Crippen molar-refractivity contribution >= 4 is 50.4 Å². The van der Waals surface area contributed by atoms with Gasteiger partial charge in [0.15, 0.2) is 15.0 Å². The van der Waals surface area contributed by atoms with Crippen LogP contribution in [0.25, 0.3) is 0 Å². The van der Waals surface area contributed by atoms with E-state index in [1.54, 1.807) is 32.9 Å². The number of fused-ring (bicyclic) bond motifs is 1. The molecule has 2 atom stereocenters. The van der Waals surface area contributed by atoms with Crippen molar-refractivity contribution in [2.45, 2.75) is 44.2 Å². The topological polar surface area (TPSA) is 105 Å². The fourth-order valence-electron chi connectivity index (χ4n) is 3.22. The minimum atomic E-state index is -3.13. The number of halogens is 1. The SMILES string of the molecule is CC(C)(C)OC(=O)NCC(=O)N=C1S[C@H]2CS(=O)(=O)C[C@@H]2N1Cc1ccc(Cl)cc1. The quantitative estimate of drug-likeness (QED) is 0.716. The molecule has 0 aliphatic carbocycles. The number of ether oxygens (including phenoxy) is 1. The van der Waals surface area contributed by atoms with Gasteiger partial charge in [0.1, 0.15) is 12.1 Å². The summed E-state index contributed by atoms with van der Waals surface area (Å²) in [6.07, 6.45) is -0.698. The summed E-state index contributed by atoms with van der Waals surface area (Å²) in [5.74, 6) is -0.447. The van der Waals surface area contributed by atoms with E-state index < -0.39 is 27.4 Å². The molecule has 2 saturated heterocycles. The van der Waals surface area contributed by atoms with Gasteiger partial charge in [-0.15, -0.1) is 0 Å². The van der Waals surface area contributed by atoms with Gasteiger partial charge in [-0.3, -0.25) is 4.79 Å². The lowest BCUT2D eigenvalue weighted by Gasteiger charge is -2.24. The van der Waals surface area contributed by atoms with Crippen LogP contribution in [0.15, 0.2) is 29.3 Å². The van der Waals surface area contributed by atoms with E-state index in [0.717, 1.165) is 5.56 Å². The third kappa shape index (κ3) is 6.12. The van der Waals surface area contributed by atoms with Crippen molar-refractivity contribution < 1.29 is 22.7 Å². The Kier molecular flexibility index (Phi) is 6.69. The van der Waals surface area contributed by atoms with Crippen LogP contribution in [0.3, 0.4) is 0 Å². The monoisotopic (exact) mass is 473 g/mol. The first-order chi connectivity index (χ1) is 13.9. The number of alkyl carbamates (subject to hydrolysis) is 1. The number of hydrogen-bond donors (Lipinski definition) is 1. The molecule has 164 valence electrons. The fourth-order valence-corrected chi connectivity index (χ4v) is 7.31. The molecule has 8 nitrogen and oxygen atoms in total. The number of carbonyl (C=O) groups excluding carboxylic acids is 2. The van der Waals surface area contributed by atoms with Crippen molar-refractivity contribution in [2.75, 3.05) is 18.1 Å². The van der Waals surface area contributed by atoms with Crippen LogP contribution in [0.5, 0.6) is 0 Å². The summed E-state index contributed by atoms with van der Waals surface area (Å²) in [7, 11) is -3.13. The molecule has 3 rings (SSSR count). The Balaban J connectivity index is 1.72. The number of rotatable bonds is 4. The Labute approximate surface area is 185 Å². The molecule has 2 fully saturated rings. The van der Waals surface area contributed by atoms with Crippen molar-refractivity contribution in [3.05, 3.63) is 34.9 Å². The van der Waals surface area contributed by atoms with Gasteiger partial charge in [0.2, 0.25) is 0 Å². The van der Waals surface area contributed by atoms with Crippen molar-refractivity contribution in [1.29, 1.82) is 0 Å². The number of nitrogens with one attached hydrogen (secondary N) is 1. The molecule has 2 amide bonds. The van der Waals surface area contributed by atoms with E-state index in [1.807, 2.05) is 17.0 Å². The Bertz CT molecular complexity index is 957. The first-order valence-corrected chi connectivity index (χ1v) is 12.5. The second kappa shape index (κ2) is 8.76. The molecule has 0 radical (unpaired) electrons. The number of hydrogen-bond acceptors (Lipinski definition) is 6. The van der Waals surface area contributed by atoms with Gasteiger partial charge in [-0.05, 0) is 38.5 Å². The highest BCUT2D eigenvalue weighted by Crippen LogP contribution is 2.39. The number of sulfone groups is 1. The standard InChI is InChI=1S/C19H24ClN3O5S2/c1-19(2,3)28-18(25)21-8-16(24)22-17-23(9-12-4-6-13(20)7-5-12)14-10-30(26,27)11-15(14)29-17/h4-7,14-15H,8-11H2,1-3H3,(H,21,25)/t14-,15-/m0/s1. The predicted molar refractivity (Wildman–Crippen MR) is 117 cm³/mol. The number of amidine groups is 1. The van der Waals surface area contributed by atoms with E-state index >= 15 is 0 Å². The third-order valence-electron chi connectivity index (χ3n) is 4.44. The zero-order valence-corrected chi connectivity index (χ0v) is 19.3. The Hall–Kier alpha value is -1.78. The molecular weight excluding hydrogens is 450 g/mol. The van der Waals surface area contributed by atoms with Gasteiger partial charge < -0.3 is 15.0 Å². The molecular formula is C19H24ClN3O5S2. The maximum Gasteiger partial charge on any atom is 0.408 e. The summed E-state index contributed by atoms with van der Waals surface area (Å²) in [6, 6.07) is 6.98. The van der Waals surface area contributed by atoms with E-state index in [0.29, 0.717) is 16.7 Å². The van der Waals surface area contributed by atoms with Crippen molar-refractivity contribution in [3.8, 4) is 0 Å². The highest BCUT2D eigenvalue weighted by atomic mass is 35.5. The number of benzene rings is 1. The van der Waals surface area contributed by atoms with Gasteiger partial charge in [-0.2, -0.15) is 4.99 Å². The number of carbonyl (C=O) groups is 2. The van der Waals surface area contributed by atoms with Crippen LogP contribution < -0.4 is 5.32 Å². The van der Waals surface area contributed by atoms with Crippen LogP contribution in [0.1, 0.15) is 26.3 Å². The maximum atomic E-state index is 12.3. The zero-order valence-electron chi connectivity index (χ0n) is 16.9. The molecule has 0 spiro atoms. The average Bonchev–Trinajstić information content (AvgIpc) is 3.06. The largest absolute Gasteiger partial charge is 0.444 e. The molecule has 0 bridgehead atoms. The van der Waals surface area contributed by atoms with Gasteiger partial charge in [-0.25, -0.2) is 13.2 Å². The predicted octanol–water partition coefficient (Wildman–Crippen LogP) is 2.46. The number of aliphatic imine (C=N–C) groups is 1. The number of nitrogens with zero attached hydrogens (tertiary/aromatic N) is 2. The Morgan fingerprint density at radius 3 is 2.57 bits per heavy atom. The first kappa shape index (κ1) is 22.9. The van der Waals surface area contributed by atoms with Crippen LogP contribution in [0.4, 0.5) is 4.79 Å². The minimum absolute atomic E-state index is 0.0294. The second-order valence-electron chi connectivity index (χ2n) is 8.20. The molecule has 0 aromatic heterocycles. The average molecular weight is 474 g/mol. The highest BCUT2D eigenvalue weighted by Gasteiger charge is 2.48. The smallest absolute Gasteiger partial charge is 0.408 e. The molecule has 30 heavy (non-hydrogen) atoms. The van der Waals surface area contributed by atoms with Gasteiger partial charge in [-0.1, -0.05) is 35.5 Å². The molecule has 0 unspecified atom stereocenters. The summed E-state index contributed by atoms with van der Waals surface area (Å²) in [6.45, 7) is 5.29. The Morgan fingerprint density at radius 2 is 1.93 bits per heavy atom. The van der Waals surface area contributed by atoms with Gasteiger partial charge >= 0.3 is 6.09 Å². The molecule has 2 aliphatic heterocycles. The van der Waals surface area contributed by atoms with Crippen molar-refractivity contribution in [3.63, 3.8) is 0 Å². The summed E-state index contributed by atoms with van der Waals surface area (Å²) < 4.78 is 29.3. The van der Waals surface area contributed by atoms with Crippen LogP contribution in [-0.2, 0) is 25.9 Å². The summed E-state index contributed by atoms with van der Waals surface area (Å²) in [5, 5.41) is 3.29. The summed E-state index contributed by atoms with van der Waals surface area (Å²) >= 11 is 7.24. The number of thioether (sulfide) groups is 1. The van der Waals surface area contributed by atoms with Crippen LogP contribution in [0, 0.1) is 0 Å². The lowest BCUT2D eigenvalue weighted by molar-refractivity contribution is -0.117. The normalized spacial score (nSPS) is 24.0.